The van der Waals surface area contributed by atoms with E-state index >= 15 is 0 Å². The van der Waals surface area contributed by atoms with Gasteiger partial charge in [0.15, 0.2) is 0 Å². The zero-order valence-electron chi connectivity index (χ0n) is 18.1. The van der Waals surface area contributed by atoms with Crippen LogP contribution in [-0.4, -0.2) is 45.2 Å². The molecule has 0 aromatic carbocycles. The van der Waals surface area contributed by atoms with Gasteiger partial charge in [0.25, 0.3) is 0 Å². The minimum Gasteiger partial charge on any atom is -0.481 e. The first-order valence-corrected chi connectivity index (χ1v) is 11.9. The maximum atomic E-state index is 11.1. The van der Waals surface area contributed by atoms with E-state index in [0.717, 1.165) is 44.9 Å². The molecule has 4 saturated carbocycles. The Kier molecular flexibility index (Phi) is 5.80. The number of hydrogen-bond acceptors (Lipinski definition) is 4. The molecule has 0 aromatic rings. The lowest BCUT2D eigenvalue weighted by atomic mass is 9.43. The molecule has 0 spiro atoms. The number of carboxylic acids is 1. The SMILES string of the molecule is C[C@]12CC[C@H]3[C@@H](CC[C@@H]4CCC(O)C(O)[C@@]43C)[C@@H]1CC[C@@H]2[C@H](CO)CCC(=O)O. The summed E-state index contributed by atoms with van der Waals surface area (Å²) in [5, 5.41) is 40.6. The monoisotopic (exact) mass is 408 g/mol. The Morgan fingerprint density at radius 3 is 2.41 bits per heavy atom. The highest BCUT2D eigenvalue weighted by Crippen LogP contribution is 2.68. The van der Waals surface area contributed by atoms with Crippen LogP contribution in [0.1, 0.15) is 78.1 Å². The normalized spacial score (nSPS) is 50.3. The van der Waals surface area contributed by atoms with Crippen LogP contribution >= 0.6 is 0 Å². The number of carbonyl (C=O) groups is 1. The molecular weight excluding hydrogens is 368 g/mol. The summed E-state index contributed by atoms with van der Waals surface area (Å²) in [6.07, 6.45) is 8.06. The zero-order chi connectivity index (χ0) is 21.0. The van der Waals surface area contributed by atoms with Crippen LogP contribution in [0.3, 0.4) is 0 Å². The van der Waals surface area contributed by atoms with Crippen molar-refractivity contribution >= 4 is 5.97 Å². The van der Waals surface area contributed by atoms with Crippen LogP contribution in [0.2, 0.25) is 0 Å². The number of carboxylic acid groups (broad SMARTS) is 1. The number of fused-ring (bicyclic) bond motifs is 5. The summed E-state index contributed by atoms with van der Waals surface area (Å²) in [4.78, 5) is 11.1. The van der Waals surface area contributed by atoms with Gasteiger partial charge >= 0.3 is 5.97 Å². The molecule has 5 heteroatoms. The molecule has 0 bridgehead atoms. The van der Waals surface area contributed by atoms with Crippen molar-refractivity contribution in [1.82, 2.24) is 0 Å². The Hall–Kier alpha value is -0.650. The molecule has 4 aliphatic carbocycles. The van der Waals surface area contributed by atoms with E-state index in [-0.39, 0.29) is 29.8 Å². The Labute approximate surface area is 174 Å². The number of aliphatic hydroxyl groups excluding tert-OH is 3. The first-order chi connectivity index (χ1) is 13.7. The van der Waals surface area contributed by atoms with E-state index in [2.05, 4.69) is 13.8 Å². The zero-order valence-corrected chi connectivity index (χ0v) is 18.1. The molecule has 29 heavy (non-hydrogen) atoms. The van der Waals surface area contributed by atoms with Crippen molar-refractivity contribution in [2.45, 2.75) is 90.3 Å². The average molecular weight is 409 g/mol. The summed E-state index contributed by atoms with van der Waals surface area (Å²) in [5.41, 5.74) is -0.0197. The summed E-state index contributed by atoms with van der Waals surface area (Å²) in [7, 11) is 0. The van der Waals surface area contributed by atoms with Gasteiger partial charge in [0.05, 0.1) is 12.2 Å². The largest absolute Gasteiger partial charge is 0.481 e. The van der Waals surface area contributed by atoms with E-state index in [1.807, 2.05) is 0 Å². The van der Waals surface area contributed by atoms with E-state index in [9.17, 15) is 20.1 Å². The quantitative estimate of drug-likeness (QED) is 0.559. The lowest BCUT2D eigenvalue weighted by molar-refractivity contribution is -0.196. The van der Waals surface area contributed by atoms with Crippen LogP contribution in [0.25, 0.3) is 0 Å². The minimum absolute atomic E-state index is 0.0756. The molecule has 10 atom stereocenters. The van der Waals surface area contributed by atoms with Crippen molar-refractivity contribution in [3.63, 3.8) is 0 Å². The Bertz CT molecular complexity index is 618. The molecule has 0 saturated heterocycles. The number of aliphatic hydroxyl groups is 3. The smallest absolute Gasteiger partial charge is 0.303 e. The highest BCUT2D eigenvalue weighted by molar-refractivity contribution is 5.66. The van der Waals surface area contributed by atoms with Gasteiger partial charge in [0.2, 0.25) is 0 Å². The number of rotatable bonds is 5. The van der Waals surface area contributed by atoms with Gasteiger partial charge in [-0.1, -0.05) is 13.8 Å². The molecule has 5 nitrogen and oxygen atoms in total. The van der Waals surface area contributed by atoms with Crippen LogP contribution in [0.4, 0.5) is 0 Å². The van der Waals surface area contributed by atoms with Crippen molar-refractivity contribution in [3.05, 3.63) is 0 Å². The Balaban J connectivity index is 1.56. The summed E-state index contributed by atoms with van der Waals surface area (Å²) in [5.74, 6) is 1.85. The maximum Gasteiger partial charge on any atom is 0.303 e. The fraction of sp³-hybridized carbons (Fsp3) is 0.958. The summed E-state index contributed by atoms with van der Waals surface area (Å²) < 4.78 is 0. The Morgan fingerprint density at radius 2 is 1.72 bits per heavy atom. The van der Waals surface area contributed by atoms with Gasteiger partial charge in [-0.2, -0.15) is 0 Å². The highest BCUT2D eigenvalue weighted by Gasteiger charge is 2.63. The third kappa shape index (κ3) is 3.27. The molecule has 0 amide bonds. The predicted molar refractivity (Wildman–Crippen MR) is 110 cm³/mol. The van der Waals surface area contributed by atoms with Crippen molar-refractivity contribution in [2.24, 2.45) is 46.3 Å². The van der Waals surface area contributed by atoms with Gasteiger partial charge < -0.3 is 20.4 Å². The second-order valence-electron chi connectivity index (χ2n) is 11.2. The third-order valence-electron chi connectivity index (χ3n) is 10.4. The van der Waals surface area contributed by atoms with Gasteiger partial charge in [-0.25, -0.2) is 0 Å². The average Bonchev–Trinajstić information content (AvgIpc) is 3.03. The fourth-order valence-electron chi connectivity index (χ4n) is 8.87. The lowest BCUT2D eigenvalue weighted by Gasteiger charge is -2.62. The lowest BCUT2D eigenvalue weighted by Crippen LogP contribution is -2.60. The molecule has 4 rings (SSSR count). The van der Waals surface area contributed by atoms with Crippen LogP contribution < -0.4 is 0 Å². The number of hydrogen-bond donors (Lipinski definition) is 4. The van der Waals surface area contributed by atoms with E-state index in [1.54, 1.807) is 0 Å². The summed E-state index contributed by atoms with van der Waals surface area (Å²) in [6, 6.07) is 0. The van der Waals surface area contributed by atoms with Crippen molar-refractivity contribution in [1.29, 1.82) is 0 Å². The van der Waals surface area contributed by atoms with E-state index < -0.39 is 18.2 Å². The molecule has 0 aromatic heterocycles. The maximum absolute atomic E-state index is 11.1. The standard InChI is InChI=1S/C24H40O5/c1-23-12-11-19-16(6-4-15-5-9-20(26)22(29)24(15,19)2)18(23)8-7-17(23)14(13-25)3-10-21(27)28/h14-20,22,25-26,29H,3-13H2,1-2H3,(H,27,28)/t14-,15+,16-,17+,18-,19-,20?,22?,23+,24-/m0/s1. The van der Waals surface area contributed by atoms with Crippen molar-refractivity contribution in [3.8, 4) is 0 Å². The molecular formula is C24H40O5. The molecule has 4 N–H and O–H groups in total. The number of aliphatic carboxylic acids is 1. The molecule has 0 heterocycles. The molecule has 0 radical (unpaired) electrons. The van der Waals surface area contributed by atoms with Gasteiger partial charge in [0, 0.05) is 18.4 Å². The Morgan fingerprint density at radius 1 is 1.00 bits per heavy atom. The van der Waals surface area contributed by atoms with Crippen LogP contribution in [-0.2, 0) is 4.79 Å². The predicted octanol–water partition coefficient (Wildman–Crippen LogP) is 3.45. The van der Waals surface area contributed by atoms with E-state index in [1.165, 1.54) is 6.42 Å². The van der Waals surface area contributed by atoms with Crippen LogP contribution in [0.15, 0.2) is 0 Å². The second-order valence-corrected chi connectivity index (χ2v) is 11.2. The molecule has 166 valence electrons. The van der Waals surface area contributed by atoms with Crippen LogP contribution in [0, 0.1) is 46.3 Å². The van der Waals surface area contributed by atoms with E-state index in [0.29, 0.717) is 36.0 Å². The summed E-state index contributed by atoms with van der Waals surface area (Å²) in [6.45, 7) is 4.73. The second kappa shape index (κ2) is 7.80. The van der Waals surface area contributed by atoms with Crippen molar-refractivity contribution < 1.29 is 25.2 Å². The topological polar surface area (TPSA) is 98.0 Å². The fourth-order valence-corrected chi connectivity index (χ4v) is 8.87. The molecule has 4 aliphatic rings. The first kappa shape index (κ1) is 21.6. The van der Waals surface area contributed by atoms with Gasteiger partial charge in [-0.3, -0.25) is 4.79 Å². The molecule has 2 unspecified atom stereocenters. The van der Waals surface area contributed by atoms with Crippen LogP contribution in [0.5, 0.6) is 0 Å². The molecule has 4 fully saturated rings. The van der Waals surface area contributed by atoms with Gasteiger partial charge in [0.1, 0.15) is 0 Å². The van der Waals surface area contributed by atoms with Crippen molar-refractivity contribution in [2.75, 3.05) is 6.61 Å². The highest BCUT2D eigenvalue weighted by atomic mass is 16.4. The van der Waals surface area contributed by atoms with Gasteiger partial charge in [-0.05, 0) is 98.7 Å². The first-order valence-electron chi connectivity index (χ1n) is 11.9. The minimum atomic E-state index is -0.775. The van der Waals surface area contributed by atoms with E-state index in [4.69, 9.17) is 5.11 Å². The molecule has 0 aliphatic heterocycles. The van der Waals surface area contributed by atoms with Gasteiger partial charge in [-0.15, -0.1) is 0 Å². The summed E-state index contributed by atoms with van der Waals surface area (Å²) >= 11 is 0. The third-order valence-corrected chi connectivity index (χ3v) is 10.4.